The van der Waals surface area contributed by atoms with E-state index >= 15 is 0 Å². The van der Waals surface area contributed by atoms with E-state index in [4.69, 9.17) is 16.3 Å². The highest BCUT2D eigenvalue weighted by molar-refractivity contribution is 7.89. The van der Waals surface area contributed by atoms with E-state index in [1.165, 1.54) is 24.3 Å². The first-order chi connectivity index (χ1) is 12.9. The van der Waals surface area contributed by atoms with Crippen LogP contribution in [0.4, 0.5) is 5.69 Å². The van der Waals surface area contributed by atoms with Crippen LogP contribution in [0.5, 0.6) is 5.75 Å². The zero-order valence-electron chi connectivity index (χ0n) is 14.9. The first-order valence-electron chi connectivity index (χ1n) is 8.67. The maximum atomic E-state index is 12.4. The summed E-state index contributed by atoms with van der Waals surface area (Å²) in [5.41, 5.74) is 0.784. The van der Waals surface area contributed by atoms with Crippen molar-refractivity contribution < 1.29 is 17.9 Å². The lowest BCUT2D eigenvalue weighted by Gasteiger charge is -2.17. The van der Waals surface area contributed by atoms with Gasteiger partial charge in [0.15, 0.2) is 0 Å². The van der Waals surface area contributed by atoms with Crippen molar-refractivity contribution in [2.75, 3.05) is 24.6 Å². The van der Waals surface area contributed by atoms with E-state index in [9.17, 15) is 13.2 Å². The number of nitrogens with zero attached hydrogens (tertiary/aromatic N) is 1. The first-order valence-corrected chi connectivity index (χ1v) is 10.5. The van der Waals surface area contributed by atoms with Gasteiger partial charge in [-0.3, -0.25) is 4.79 Å². The van der Waals surface area contributed by atoms with Gasteiger partial charge < -0.3 is 9.64 Å². The van der Waals surface area contributed by atoms with Gasteiger partial charge in [0, 0.05) is 30.2 Å². The van der Waals surface area contributed by atoms with Crippen LogP contribution in [0.2, 0.25) is 5.02 Å². The molecule has 0 radical (unpaired) electrons. The molecule has 0 saturated carbocycles. The van der Waals surface area contributed by atoms with Gasteiger partial charge in [-0.25, -0.2) is 13.1 Å². The average molecular weight is 409 g/mol. The Labute approximate surface area is 164 Å². The molecular formula is C19H21ClN2O4S. The Hall–Kier alpha value is -2.09. The molecule has 2 aromatic rings. The van der Waals surface area contributed by atoms with Crippen LogP contribution >= 0.6 is 11.6 Å². The molecule has 0 aromatic heterocycles. The number of hydrogen-bond acceptors (Lipinski definition) is 4. The number of nitrogens with one attached hydrogen (secondary N) is 1. The Balaban J connectivity index is 1.61. The lowest BCUT2D eigenvalue weighted by atomic mass is 10.1. The molecule has 0 bridgehead atoms. The molecule has 6 nitrogen and oxygen atoms in total. The van der Waals surface area contributed by atoms with E-state index < -0.39 is 10.0 Å². The van der Waals surface area contributed by atoms with Gasteiger partial charge in [-0.1, -0.05) is 11.6 Å². The van der Waals surface area contributed by atoms with Crippen LogP contribution in [0.1, 0.15) is 13.3 Å². The molecule has 1 saturated heterocycles. The first kappa shape index (κ1) is 19.7. The average Bonchev–Trinajstić information content (AvgIpc) is 3.02. The normalized spacial score (nSPS) is 17.3. The van der Waals surface area contributed by atoms with Gasteiger partial charge in [0.2, 0.25) is 15.9 Å². The van der Waals surface area contributed by atoms with Crippen molar-refractivity contribution in [1.29, 1.82) is 0 Å². The molecule has 144 valence electrons. The molecule has 1 atom stereocenters. The number of amides is 1. The second-order valence-electron chi connectivity index (χ2n) is 6.31. The Kier molecular flexibility index (Phi) is 6.04. The lowest BCUT2D eigenvalue weighted by Crippen LogP contribution is -2.31. The molecule has 2 aromatic carbocycles. The van der Waals surface area contributed by atoms with E-state index in [0.717, 1.165) is 11.4 Å². The predicted molar refractivity (Wildman–Crippen MR) is 105 cm³/mol. The molecular weight excluding hydrogens is 388 g/mol. The van der Waals surface area contributed by atoms with E-state index in [1.807, 2.05) is 31.2 Å². The highest BCUT2D eigenvalue weighted by atomic mass is 35.5. The number of hydrogen-bond donors (Lipinski definition) is 1. The van der Waals surface area contributed by atoms with Crippen molar-refractivity contribution in [3.8, 4) is 5.75 Å². The SMILES string of the molecule is CCOc1ccc(N2C[C@H](CNS(=O)(=O)c3ccc(Cl)cc3)CC2=O)cc1. The largest absolute Gasteiger partial charge is 0.494 e. The number of carbonyl (C=O) groups is 1. The van der Waals surface area contributed by atoms with E-state index in [1.54, 1.807) is 4.90 Å². The number of benzene rings is 2. The van der Waals surface area contributed by atoms with Crippen LogP contribution in [0.15, 0.2) is 53.4 Å². The van der Waals surface area contributed by atoms with E-state index in [2.05, 4.69) is 4.72 Å². The van der Waals surface area contributed by atoms with Crippen molar-refractivity contribution in [2.45, 2.75) is 18.2 Å². The van der Waals surface area contributed by atoms with Crippen LogP contribution in [0, 0.1) is 5.92 Å². The molecule has 0 aliphatic carbocycles. The summed E-state index contributed by atoms with van der Waals surface area (Å²) in [6, 6.07) is 13.3. The molecule has 1 aliphatic rings. The maximum absolute atomic E-state index is 12.4. The molecule has 1 fully saturated rings. The topological polar surface area (TPSA) is 75.7 Å². The summed E-state index contributed by atoms with van der Waals surface area (Å²) in [7, 11) is -3.63. The summed E-state index contributed by atoms with van der Waals surface area (Å²) < 4.78 is 32.7. The molecule has 27 heavy (non-hydrogen) atoms. The summed E-state index contributed by atoms with van der Waals surface area (Å²) >= 11 is 5.79. The predicted octanol–water partition coefficient (Wildman–Crippen LogP) is 3.07. The van der Waals surface area contributed by atoms with Crippen molar-refractivity contribution in [1.82, 2.24) is 4.72 Å². The van der Waals surface area contributed by atoms with Crippen molar-refractivity contribution in [3.05, 3.63) is 53.6 Å². The highest BCUT2D eigenvalue weighted by Gasteiger charge is 2.31. The van der Waals surface area contributed by atoms with Crippen LogP contribution in [-0.4, -0.2) is 34.0 Å². The fourth-order valence-corrected chi connectivity index (χ4v) is 4.22. The molecule has 1 N–H and O–H groups in total. The molecule has 0 spiro atoms. The molecule has 3 rings (SSSR count). The standard InChI is InChI=1S/C19H21ClN2O4S/c1-2-26-17-7-5-16(6-8-17)22-13-14(11-19(22)23)12-21-27(24,25)18-9-3-15(20)4-10-18/h3-10,14,21H,2,11-13H2,1H3/t14-/m0/s1. The van der Waals surface area contributed by atoms with Gasteiger partial charge in [-0.05, 0) is 61.4 Å². The van der Waals surface area contributed by atoms with E-state index in [0.29, 0.717) is 24.6 Å². The smallest absolute Gasteiger partial charge is 0.240 e. The fraction of sp³-hybridized carbons (Fsp3) is 0.316. The molecule has 1 heterocycles. The van der Waals surface area contributed by atoms with Crippen LogP contribution in [-0.2, 0) is 14.8 Å². The van der Waals surface area contributed by atoms with Crippen LogP contribution < -0.4 is 14.4 Å². The number of halogens is 1. The van der Waals surface area contributed by atoms with Crippen LogP contribution in [0.25, 0.3) is 0 Å². The Morgan fingerprint density at radius 3 is 2.44 bits per heavy atom. The number of anilines is 1. The minimum Gasteiger partial charge on any atom is -0.494 e. The van der Waals surface area contributed by atoms with Gasteiger partial charge in [-0.2, -0.15) is 0 Å². The summed E-state index contributed by atoms with van der Waals surface area (Å²) in [4.78, 5) is 14.2. The van der Waals surface area contributed by atoms with Crippen molar-refractivity contribution in [2.24, 2.45) is 5.92 Å². The van der Waals surface area contributed by atoms with Gasteiger partial charge in [0.05, 0.1) is 11.5 Å². The summed E-state index contributed by atoms with van der Waals surface area (Å²) in [6.45, 7) is 3.16. The molecule has 1 amide bonds. The second-order valence-corrected chi connectivity index (χ2v) is 8.51. The van der Waals surface area contributed by atoms with Crippen molar-refractivity contribution >= 4 is 33.2 Å². The Morgan fingerprint density at radius 2 is 1.81 bits per heavy atom. The fourth-order valence-electron chi connectivity index (χ4n) is 2.98. The number of sulfonamides is 1. The minimum absolute atomic E-state index is 0.0187. The van der Waals surface area contributed by atoms with Gasteiger partial charge in [-0.15, -0.1) is 0 Å². The zero-order valence-corrected chi connectivity index (χ0v) is 16.5. The Bertz CT molecular complexity index is 898. The molecule has 8 heteroatoms. The summed E-state index contributed by atoms with van der Waals surface area (Å²) in [5.74, 6) is 0.640. The lowest BCUT2D eigenvalue weighted by molar-refractivity contribution is -0.117. The minimum atomic E-state index is -3.63. The summed E-state index contributed by atoms with van der Waals surface area (Å²) in [6.07, 6.45) is 0.302. The van der Waals surface area contributed by atoms with E-state index in [-0.39, 0.29) is 23.3 Å². The summed E-state index contributed by atoms with van der Waals surface area (Å²) in [5, 5.41) is 0.473. The van der Waals surface area contributed by atoms with Crippen LogP contribution in [0.3, 0.4) is 0 Å². The maximum Gasteiger partial charge on any atom is 0.240 e. The third kappa shape index (κ3) is 4.80. The zero-order chi connectivity index (χ0) is 19.4. The number of carbonyl (C=O) groups excluding carboxylic acids is 1. The third-order valence-electron chi connectivity index (χ3n) is 4.35. The molecule has 0 unspecified atom stereocenters. The highest BCUT2D eigenvalue weighted by Crippen LogP contribution is 2.27. The third-order valence-corrected chi connectivity index (χ3v) is 6.04. The van der Waals surface area contributed by atoms with Gasteiger partial charge in [0.25, 0.3) is 0 Å². The van der Waals surface area contributed by atoms with Gasteiger partial charge in [0.1, 0.15) is 5.75 Å². The second kappa shape index (κ2) is 8.29. The number of ether oxygens (including phenoxy) is 1. The quantitative estimate of drug-likeness (QED) is 0.763. The van der Waals surface area contributed by atoms with Crippen molar-refractivity contribution in [3.63, 3.8) is 0 Å². The Morgan fingerprint density at radius 1 is 1.15 bits per heavy atom. The van der Waals surface area contributed by atoms with Gasteiger partial charge >= 0.3 is 0 Å². The molecule has 1 aliphatic heterocycles. The monoisotopic (exact) mass is 408 g/mol. The number of rotatable bonds is 7.